The van der Waals surface area contributed by atoms with Gasteiger partial charge >= 0.3 is 0 Å². The van der Waals surface area contributed by atoms with Crippen LogP contribution in [0, 0.1) is 5.41 Å². The van der Waals surface area contributed by atoms with Crippen molar-refractivity contribution >= 4 is 17.3 Å². The summed E-state index contributed by atoms with van der Waals surface area (Å²) in [5.41, 5.74) is 5.52. The van der Waals surface area contributed by atoms with E-state index in [2.05, 4.69) is 20.8 Å². The molecule has 0 heterocycles. The van der Waals surface area contributed by atoms with Crippen molar-refractivity contribution < 1.29 is 5.11 Å². The maximum atomic E-state index is 9.71. The molecular weight excluding hydrogens is 184 g/mol. The second-order valence-electron chi connectivity index (χ2n) is 4.15. The number of hydrogen-bond donors (Lipinski definition) is 2. The van der Waals surface area contributed by atoms with Crippen LogP contribution in [-0.2, 0) is 0 Å². The molecule has 3 N–H and O–H groups in total. The Morgan fingerprint density at radius 2 is 2.08 bits per heavy atom. The first-order valence-electron chi connectivity index (χ1n) is 4.50. The Balaban J connectivity index is 4.14. The second kappa shape index (κ2) is 4.77. The summed E-state index contributed by atoms with van der Waals surface area (Å²) in [6, 6.07) is 0. The number of nitrogens with zero attached hydrogens (tertiary/aromatic N) is 1. The predicted octanol–water partition coefficient (Wildman–Crippen LogP) is 1.31. The molecule has 1 atom stereocenters. The van der Waals surface area contributed by atoms with Crippen molar-refractivity contribution in [2.24, 2.45) is 11.1 Å². The number of hydrogen-bond acceptors (Lipinski definition) is 2. The Hall–Kier alpha value is -0.350. The van der Waals surface area contributed by atoms with Crippen molar-refractivity contribution in [3.63, 3.8) is 0 Å². The van der Waals surface area contributed by atoms with Crippen molar-refractivity contribution in [3.8, 4) is 0 Å². The van der Waals surface area contributed by atoms with Gasteiger partial charge in [0.1, 0.15) is 6.23 Å². The van der Waals surface area contributed by atoms with Gasteiger partial charge in [0.05, 0.1) is 0 Å². The van der Waals surface area contributed by atoms with Crippen LogP contribution >= 0.6 is 12.2 Å². The molecule has 1 unspecified atom stereocenters. The monoisotopic (exact) mass is 204 g/mol. The zero-order valence-electron chi connectivity index (χ0n) is 8.87. The van der Waals surface area contributed by atoms with Gasteiger partial charge in [-0.2, -0.15) is 0 Å². The molecule has 0 radical (unpaired) electrons. The maximum absolute atomic E-state index is 9.71. The third-order valence-corrected chi connectivity index (χ3v) is 2.77. The highest BCUT2D eigenvalue weighted by atomic mass is 32.1. The molecule has 0 aliphatic carbocycles. The number of aliphatic hydroxyl groups excluding tert-OH is 1. The van der Waals surface area contributed by atoms with Crippen molar-refractivity contribution in [1.82, 2.24) is 4.90 Å². The summed E-state index contributed by atoms with van der Waals surface area (Å²) >= 11 is 4.76. The van der Waals surface area contributed by atoms with E-state index in [1.165, 1.54) is 4.90 Å². The minimum Gasteiger partial charge on any atom is -0.376 e. The maximum Gasteiger partial charge on any atom is 0.168 e. The van der Waals surface area contributed by atoms with Gasteiger partial charge in [-0.3, -0.25) is 0 Å². The lowest BCUT2D eigenvalue weighted by Gasteiger charge is -2.31. The van der Waals surface area contributed by atoms with Crippen LogP contribution in [-0.4, -0.2) is 28.4 Å². The number of aliphatic hydroxyl groups is 1. The van der Waals surface area contributed by atoms with E-state index in [1.807, 2.05) is 0 Å². The van der Waals surface area contributed by atoms with Crippen molar-refractivity contribution in [3.05, 3.63) is 0 Å². The quantitative estimate of drug-likeness (QED) is 0.535. The Bertz CT molecular complexity index is 182. The van der Waals surface area contributed by atoms with Crippen LogP contribution in [0.5, 0.6) is 0 Å². The normalized spacial score (nSPS) is 13.9. The lowest BCUT2D eigenvalue weighted by molar-refractivity contribution is 0.0276. The largest absolute Gasteiger partial charge is 0.376 e. The third-order valence-electron chi connectivity index (χ3n) is 2.49. The van der Waals surface area contributed by atoms with Crippen LogP contribution in [0.4, 0.5) is 0 Å². The van der Waals surface area contributed by atoms with Gasteiger partial charge in [-0.05, 0) is 24.1 Å². The first-order chi connectivity index (χ1) is 5.80. The van der Waals surface area contributed by atoms with E-state index < -0.39 is 6.23 Å². The van der Waals surface area contributed by atoms with Gasteiger partial charge in [-0.25, -0.2) is 0 Å². The van der Waals surface area contributed by atoms with Crippen LogP contribution < -0.4 is 5.73 Å². The molecule has 13 heavy (non-hydrogen) atoms. The number of thiocarbonyl (C=S) groups is 1. The Kier molecular flexibility index (Phi) is 4.64. The molecule has 0 amide bonds. The van der Waals surface area contributed by atoms with E-state index in [0.29, 0.717) is 6.42 Å². The molecule has 0 aromatic rings. The molecule has 0 spiro atoms. The zero-order valence-corrected chi connectivity index (χ0v) is 9.69. The average molecular weight is 204 g/mol. The predicted molar refractivity (Wildman–Crippen MR) is 59.2 cm³/mol. The summed E-state index contributed by atoms with van der Waals surface area (Å²) in [4.78, 5) is 1.52. The van der Waals surface area contributed by atoms with Gasteiger partial charge in [0.25, 0.3) is 0 Å². The molecule has 78 valence electrons. The summed E-state index contributed by atoms with van der Waals surface area (Å²) in [6.45, 7) is 6.33. The molecule has 0 aromatic carbocycles. The molecule has 0 aliphatic rings. The average Bonchev–Trinajstić information content (AvgIpc) is 2.02. The first-order valence-corrected chi connectivity index (χ1v) is 4.91. The van der Waals surface area contributed by atoms with Gasteiger partial charge in [0.15, 0.2) is 5.11 Å². The van der Waals surface area contributed by atoms with E-state index >= 15 is 0 Å². The van der Waals surface area contributed by atoms with E-state index in [9.17, 15) is 5.11 Å². The molecule has 0 aliphatic heterocycles. The molecule has 0 saturated heterocycles. The molecule has 0 rings (SSSR count). The fourth-order valence-electron chi connectivity index (χ4n) is 0.922. The Labute approximate surface area is 85.9 Å². The molecule has 0 bridgehead atoms. The summed E-state index contributed by atoms with van der Waals surface area (Å²) in [5, 5.41) is 9.95. The van der Waals surface area contributed by atoms with Crippen LogP contribution in [0.1, 0.15) is 33.6 Å². The zero-order chi connectivity index (χ0) is 10.6. The molecule has 0 fully saturated rings. The second-order valence-corrected chi connectivity index (χ2v) is 4.57. The highest BCUT2D eigenvalue weighted by molar-refractivity contribution is 7.80. The first kappa shape index (κ1) is 12.7. The van der Waals surface area contributed by atoms with Gasteiger partial charge in [0.2, 0.25) is 0 Å². The van der Waals surface area contributed by atoms with E-state index in [0.717, 1.165) is 6.42 Å². The molecular formula is C9H20N2OS. The third kappa shape index (κ3) is 4.43. The lowest BCUT2D eigenvalue weighted by atomic mass is 9.85. The number of nitrogens with two attached hydrogens (primary N) is 1. The van der Waals surface area contributed by atoms with Crippen LogP contribution in [0.15, 0.2) is 0 Å². The van der Waals surface area contributed by atoms with E-state index in [4.69, 9.17) is 18.0 Å². The highest BCUT2D eigenvalue weighted by Gasteiger charge is 2.23. The standard InChI is InChI=1S/C9H20N2OS/c1-5-9(2,3)6-7(12)11(4)8(10)13/h7,12H,5-6H2,1-4H3,(H2,10,13). The SMILES string of the molecule is CCC(C)(C)CC(O)N(C)C(N)=S. The lowest BCUT2D eigenvalue weighted by Crippen LogP contribution is -2.42. The van der Waals surface area contributed by atoms with Gasteiger partial charge < -0.3 is 15.7 Å². The van der Waals surface area contributed by atoms with Gasteiger partial charge in [-0.15, -0.1) is 0 Å². The molecule has 4 heteroatoms. The fourth-order valence-corrected chi connectivity index (χ4v) is 1.04. The smallest absolute Gasteiger partial charge is 0.168 e. The van der Waals surface area contributed by atoms with Crippen molar-refractivity contribution in [2.75, 3.05) is 7.05 Å². The minimum absolute atomic E-state index is 0.123. The summed E-state index contributed by atoms with van der Waals surface area (Å²) < 4.78 is 0. The van der Waals surface area contributed by atoms with Gasteiger partial charge in [-0.1, -0.05) is 27.2 Å². The molecule has 3 nitrogen and oxygen atoms in total. The molecule has 0 aromatic heterocycles. The van der Waals surface area contributed by atoms with Crippen LogP contribution in [0.3, 0.4) is 0 Å². The fraction of sp³-hybridized carbons (Fsp3) is 0.889. The summed E-state index contributed by atoms with van der Waals surface area (Å²) in [7, 11) is 1.71. The van der Waals surface area contributed by atoms with Crippen LogP contribution in [0.2, 0.25) is 0 Å². The Morgan fingerprint density at radius 3 is 2.38 bits per heavy atom. The molecule has 0 saturated carbocycles. The topological polar surface area (TPSA) is 49.5 Å². The summed E-state index contributed by atoms with van der Waals surface area (Å²) in [6.07, 6.45) is 1.12. The van der Waals surface area contributed by atoms with Crippen molar-refractivity contribution in [2.45, 2.75) is 39.8 Å². The van der Waals surface area contributed by atoms with Crippen LogP contribution in [0.25, 0.3) is 0 Å². The summed E-state index contributed by atoms with van der Waals surface area (Å²) in [5.74, 6) is 0. The van der Waals surface area contributed by atoms with E-state index in [-0.39, 0.29) is 10.5 Å². The Morgan fingerprint density at radius 1 is 1.62 bits per heavy atom. The van der Waals surface area contributed by atoms with Crippen molar-refractivity contribution in [1.29, 1.82) is 0 Å². The van der Waals surface area contributed by atoms with E-state index in [1.54, 1.807) is 7.05 Å². The minimum atomic E-state index is -0.576. The van der Waals surface area contributed by atoms with Gasteiger partial charge in [0, 0.05) is 7.05 Å². The highest BCUT2D eigenvalue weighted by Crippen LogP contribution is 2.26. The number of rotatable bonds is 4.